The molecule has 128 valence electrons. The van der Waals surface area contributed by atoms with Crippen molar-refractivity contribution in [1.82, 2.24) is 10.0 Å². The predicted molar refractivity (Wildman–Crippen MR) is 89.4 cm³/mol. The van der Waals surface area contributed by atoms with E-state index < -0.39 is 21.7 Å². The fraction of sp³-hybridized carbons (Fsp3) is 0.235. The van der Waals surface area contributed by atoms with E-state index in [0.29, 0.717) is 6.54 Å². The fourth-order valence-corrected chi connectivity index (χ4v) is 3.16. The monoisotopic (exact) mass is 350 g/mol. The summed E-state index contributed by atoms with van der Waals surface area (Å²) in [6, 6.07) is 11.1. The normalized spacial score (nSPS) is 11.3. The molecule has 0 unspecified atom stereocenters. The molecule has 0 aliphatic carbocycles. The van der Waals surface area contributed by atoms with Crippen molar-refractivity contribution >= 4 is 15.9 Å². The summed E-state index contributed by atoms with van der Waals surface area (Å²) in [6.07, 6.45) is 0. The van der Waals surface area contributed by atoms with Crippen LogP contribution in [0.15, 0.2) is 47.4 Å². The third-order valence-corrected chi connectivity index (χ3v) is 5.00. The highest BCUT2D eigenvalue weighted by Crippen LogP contribution is 2.13. The molecule has 5 nitrogen and oxygen atoms in total. The molecule has 0 aliphatic rings. The Hall–Kier alpha value is -2.25. The summed E-state index contributed by atoms with van der Waals surface area (Å²) in [5, 5.41) is 2.66. The average Bonchev–Trinajstić information content (AvgIpc) is 2.54. The molecule has 7 heteroatoms. The van der Waals surface area contributed by atoms with E-state index >= 15 is 0 Å². The smallest absolute Gasteiger partial charge is 0.241 e. The Bertz CT molecular complexity index is 851. The summed E-state index contributed by atoms with van der Waals surface area (Å²) < 4.78 is 39.7. The van der Waals surface area contributed by atoms with E-state index in [2.05, 4.69) is 10.0 Å². The minimum Gasteiger partial charge on any atom is -0.351 e. The molecule has 2 aromatic rings. The summed E-state index contributed by atoms with van der Waals surface area (Å²) in [6.45, 7) is 3.35. The summed E-state index contributed by atoms with van der Waals surface area (Å²) in [7, 11) is -3.86. The van der Waals surface area contributed by atoms with Gasteiger partial charge in [-0.1, -0.05) is 24.3 Å². The van der Waals surface area contributed by atoms with Crippen molar-refractivity contribution in [3.05, 3.63) is 65.0 Å². The van der Waals surface area contributed by atoms with Crippen molar-refractivity contribution in [1.29, 1.82) is 0 Å². The second-order valence-corrected chi connectivity index (χ2v) is 7.21. The van der Waals surface area contributed by atoms with Crippen molar-refractivity contribution in [2.75, 3.05) is 6.54 Å². The molecule has 0 spiro atoms. The molecule has 2 N–H and O–H groups in total. The molecule has 0 aromatic heterocycles. The molecule has 0 atom stereocenters. The van der Waals surface area contributed by atoms with Gasteiger partial charge >= 0.3 is 0 Å². The van der Waals surface area contributed by atoms with Gasteiger partial charge in [-0.25, -0.2) is 17.5 Å². The van der Waals surface area contributed by atoms with E-state index in [9.17, 15) is 17.6 Å². The second-order valence-electron chi connectivity index (χ2n) is 5.44. The molecule has 1 amide bonds. The quantitative estimate of drug-likeness (QED) is 0.837. The van der Waals surface area contributed by atoms with Crippen LogP contribution in [0.3, 0.4) is 0 Å². The average molecular weight is 350 g/mol. The molecule has 0 aliphatic heterocycles. The summed E-state index contributed by atoms with van der Waals surface area (Å²) in [4.78, 5) is 11.8. The first-order chi connectivity index (χ1) is 11.3. The predicted octanol–water partition coefficient (Wildman–Crippen LogP) is 2.04. The van der Waals surface area contributed by atoms with Gasteiger partial charge in [-0.3, -0.25) is 4.79 Å². The number of amides is 1. The zero-order valence-electron chi connectivity index (χ0n) is 13.5. The summed E-state index contributed by atoms with van der Waals surface area (Å²) in [5.74, 6) is -0.925. The van der Waals surface area contributed by atoms with Crippen molar-refractivity contribution in [3.8, 4) is 0 Å². The van der Waals surface area contributed by atoms with Crippen LogP contribution in [0.25, 0.3) is 0 Å². The van der Waals surface area contributed by atoms with Crippen LogP contribution in [0.4, 0.5) is 4.39 Å². The van der Waals surface area contributed by atoms with E-state index in [0.717, 1.165) is 23.3 Å². The van der Waals surface area contributed by atoms with Crippen molar-refractivity contribution in [3.63, 3.8) is 0 Å². The Balaban J connectivity index is 1.93. The van der Waals surface area contributed by atoms with Crippen molar-refractivity contribution in [2.24, 2.45) is 0 Å². The second kappa shape index (κ2) is 7.55. The van der Waals surface area contributed by atoms with E-state index in [-0.39, 0.29) is 17.0 Å². The Labute approximate surface area is 141 Å². The standard InChI is InChI=1S/C17H19FN2O3S/c1-12-5-3-4-6-14(12)10-19-17(21)11-20-24(22,23)15-7-8-16(18)13(2)9-15/h3-9,20H,10-11H2,1-2H3,(H,19,21). The number of aryl methyl sites for hydroxylation is 2. The molecule has 0 fully saturated rings. The SMILES string of the molecule is Cc1cc(S(=O)(=O)NCC(=O)NCc2ccccc2C)ccc1F. The summed E-state index contributed by atoms with van der Waals surface area (Å²) >= 11 is 0. The Morgan fingerprint density at radius 3 is 2.46 bits per heavy atom. The van der Waals surface area contributed by atoms with E-state index in [4.69, 9.17) is 0 Å². The molecular formula is C17H19FN2O3S. The number of halogens is 1. The third kappa shape index (κ3) is 4.62. The summed E-state index contributed by atoms with van der Waals surface area (Å²) in [5.41, 5.74) is 2.23. The Kier molecular flexibility index (Phi) is 5.69. The maximum atomic E-state index is 13.2. The van der Waals surface area contributed by atoms with Gasteiger partial charge in [0.25, 0.3) is 0 Å². The lowest BCUT2D eigenvalue weighted by Gasteiger charge is -2.10. The molecule has 0 saturated heterocycles. The zero-order valence-corrected chi connectivity index (χ0v) is 14.3. The number of benzene rings is 2. The van der Waals surface area contributed by atoms with Crippen LogP contribution in [0, 0.1) is 19.7 Å². The lowest BCUT2D eigenvalue weighted by atomic mass is 10.1. The maximum Gasteiger partial charge on any atom is 0.241 e. The third-order valence-electron chi connectivity index (χ3n) is 3.60. The number of nitrogens with one attached hydrogen (secondary N) is 2. The minimum absolute atomic E-state index is 0.0758. The molecule has 0 heterocycles. The molecule has 2 rings (SSSR count). The highest BCUT2D eigenvalue weighted by molar-refractivity contribution is 7.89. The molecule has 2 aromatic carbocycles. The van der Waals surface area contributed by atoms with Crippen LogP contribution in [-0.2, 0) is 21.4 Å². The first-order valence-electron chi connectivity index (χ1n) is 7.36. The van der Waals surface area contributed by atoms with Crippen LogP contribution in [0.1, 0.15) is 16.7 Å². The van der Waals surface area contributed by atoms with Gasteiger partial charge in [-0.05, 0) is 48.7 Å². The Morgan fingerprint density at radius 2 is 1.79 bits per heavy atom. The van der Waals surface area contributed by atoms with Crippen LogP contribution < -0.4 is 10.0 Å². The van der Waals surface area contributed by atoms with Gasteiger partial charge in [0.1, 0.15) is 5.82 Å². The van der Waals surface area contributed by atoms with Gasteiger partial charge in [-0.2, -0.15) is 0 Å². The highest BCUT2D eigenvalue weighted by atomic mass is 32.2. The lowest BCUT2D eigenvalue weighted by Crippen LogP contribution is -2.36. The lowest BCUT2D eigenvalue weighted by molar-refractivity contribution is -0.120. The molecule has 0 radical (unpaired) electrons. The van der Waals surface area contributed by atoms with E-state index in [1.54, 1.807) is 0 Å². The topological polar surface area (TPSA) is 75.3 Å². The van der Waals surface area contributed by atoms with Gasteiger partial charge < -0.3 is 5.32 Å². The van der Waals surface area contributed by atoms with Gasteiger partial charge in [0.05, 0.1) is 11.4 Å². The minimum atomic E-state index is -3.86. The van der Waals surface area contributed by atoms with Crippen LogP contribution in [-0.4, -0.2) is 20.9 Å². The maximum absolute atomic E-state index is 13.2. The van der Waals surface area contributed by atoms with Crippen LogP contribution in [0.2, 0.25) is 0 Å². The fourth-order valence-electron chi connectivity index (χ4n) is 2.09. The molecule has 0 saturated carbocycles. The number of carbonyl (C=O) groups excluding carboxylic acids is 1. The van der Waals surface area contributed by atoms with Crippen LogP contribution >= 0.6 is 0 Å². The van der Waals surface area contributed by atoms with Gasteiger partial charge in [0, 0.05) is 6.54 Å². The number of rotatable bonds is 6. The van der Waals surface area contributed by atoms with Gasteiger partial charge in [0.2, 0.25) is 15.9 Å². The first-order valence-corrected chi connectivity index (χ1v) is 8.85. The van der Waals surface area contributed by atoms with Crippen LogP contribution in [0.5, 0.6) is 0 Å². The molecular weight excluding hydrogens is 331 g/mol. The number of sulfonamides is 1. The van der Waals surface area contributed by atoms with Crippen molar-refractivity contribution < 1.29 is 17.6 Å². The number of hydrogen-bond acceptors (Lipinski definition) is 3. The largest absolute Gasteiger partial charge is 0.351 e. The number of hydrogen-bond donors (Lipinski definition) is 2. The van der Waals surface area contributed by atoms with Gasteiger partial charge in [-0.15, -0.1) is 0 Å². The molecule has 0 bridgehead atoms. The zero-order chi connectivity index (χ0) is 17.7. The highest BCUT2D eigenvalue weighted by Gasteiger charge is 2.16. The Morgan fingerprint density at radius 1 is 1.08 bits per heavy atom. The van der Waals surface area contributed by atoms with E-state index in [1.807, 2.05) is 31.2 Å². The van der Waals surface area contributed by atoms with Crippen molar-refractivity contribution in [2.45, 2.75) is 25.3 Å². The van der Waals surface area contributed by atoms with Gasteiger partial charge in [0.15, 0.2) is 0 Å². The number of carbonyl (C=O) groups is 1. The van der Waals surface area contributed by atoms with E-state index in [1.165, 1.54) is 13.0 Å². The molecule has 24 heavy (non-hydrogen) atoms. The first kappa shape index (κ1) is 18.1.